The lowest BCUT2D eigenvalue weighted by molar-refractivity contribution is -0.137. The van der Waals surface area contributed by atoms with E-state index in [9.17, 15) is 19.2 Å². The molecule has 2 aromatic rings. The van der Waals surface area contributed by atoms with E-state index in [2.05, 4.69) is 4.98 Å². The van der Waals surface area contributed by atoms with Crippen LogP contribution in [0.1, 0.15) is 25.7 Å². The number of carbonyl (C=O) groups excluding carboxylic acids is 2. The molecule has 0 bridgehead atoms. The summed E-state index contributed by atoms with van der Waals surface area (Å²) in [7, 11) is 0. The smallest absolute Gasteiger partial charge is 0.328 e. The molecule has 1 atom stereocenters. The van der Waals surface area contributed by atoms with Crippen molar-refractivity contribution >= 4 is 22.7 Å². The Labute approximate surface area is 143 Å². The number of nitrogens with one attached hydrogen (secondary N) is 1. The average Bonchev–Trinajstić information content (AvgIpc) is 3.08. The fraction of sp³-hybridized carbons (Fsp3) is 0.412. The Balaban J connectivity index is 1.69. The fourth-order valence-electron chi connectivity index (χ4n) is 3.30. The molecular weight excluding hydrogens is 324 g/mol. The highest BCUT2D eigenvalue weighted by Crippen LogP contribution is 2.18. The standard InChI is InChI=1S/C17H20N4O4/c18-15(23)13-7-3-9-20(13)14(22)8-4-10-21-16(24)11-5-1-2-6-12(11)19-17(21)25/h1-2,5-6,13H,3-4,7-10H2,(H2,18,23)(H,19,25)/t13-/m1/s1. The number of H-pyrrole nitrogens is 1. The number of benzene rings is 1. The lowest BCUT2D eigenvalue weighted by atomic mass is 10.2. The largest absolute Gasteiger partial charge is 0.368 e. The molecule has 3 rings (SSSR count). The molecule has 1 fully saturated rings. The molecule has 1 saturated heterocycles. The van der Waals surface area contributed by atoms with Crippen LogP contribution >= 0.6 is 0 Å². The third-order valence-corrected chi connectivity index (χ3v) is 4.56. The second-order valence-electron chi connectivity index (χ2n) is 6.18. The first-order chi connectivity index (χ1) is 12.0. The summed E-state index contributed by atoms with van der Waals surface area (Å²) in [5, 5.41) is 0.432. The Kier molecular flexibility index (Phi) is 4.69. The molecule has 0 aliphatic carbocycles. The van der Waals surface area contributed by atoms with Gasteiger partial charge in [-0.1, -0.05) is 12.1 Å². The number of hydrogen-bond donors (Lipinski definition) is 2. The SMILES string of the molecule is NC(=O)[C@H]1CCCN1C(=O)CCCn1c(=O)[nH]c2ccccc2c1=O. The first-order valence-corrected chi connectivity index (χ1v) is 8.29. The number of carbonyl (C=O) groups is 2. The van der Waals surface area contributed by atoms with Crippen molar-refractivity contribution in [2.45, 2.75) is 38.3 Å². The quantitative estimate of drug-likeness (QED) is 0.790. The first kappa shape index (κ1) is 16.9. The van der Waals surface area contributed by atoms with Gasteiger partial charge in [0.05, 0.1) is 10.9 Å². The number of para-hydroxylation sites is 1. The van der Waals surface area contributed by atoms with Gasteiger partial charge in [0.1, 0.15) is 6.04 Å². The Bertz CT molecular complexity index is 930. The van der Waals surface area contributed by atoms with Crippen molar-refractivity contribution < 1.29 is 9.59 Å². The molecule has 1 aromatic carbocycles. The van der Waals surface area contributed by atoms with Gasteiger partial charge in [0, 0.05) is 19.5 Å². The van der Waals surface area contributed by atoms with Gasteiger partial charge in [0.2, 0.25) is 11.8 Å². The maximum Gasteiger partial charge on any atom is 0.328 e. The Morgan fingerprint density at radius 1 is 1.24 bits per heavy atom. The molecule has 0 saturated carbocycles. The number of nitrogens with zero attached hydrogens (tertiary/aromatic N) is 2. The fourth-order valence-corrected chi connectivity index (χ4v) is 3.30. The van der Waals surface area contributed by atoms with Crippen molar-refractivity contribution in [3.63, 3.8) is 0 Å². The van der Waals surface area contributed by atoms with Gasteiger partial charge in [0.15, 0.2) is 0 Å². The molecule has 2 heterocycles. The molecule has 1 aliphatic rings. The highest BCUT2D eigenvalue weighted by Gasteiger charge is 2.32. The van der Waals surface area contributed by atoms with Gasteiger partial charge in [0.25, 0.3) is 5.56 Å². The number of hydrogen-bond acceptors (Lipinski definition) is 4. The molecule has 2 amide bonds. The van der Waals surface area contributed by atoms with Crippen LogP contribution in [-0.4, -0.2) is 38.9 Å². The van der Waals surface area contributed by atoms with Gasteiger partial charge >= 0.3 is 5.69 Å². The summed E-state index contributed by atoms with van der Waals surface area (Å²) in [6, 6.07) is 6.25. The molecule has 25 heavy (non-hydrogen) atoms. The summed E-state index contributed by atoms with van der Waals surface area (Å²) in [6.45, 7) is 0.656. The van der Waals surface area contributed by atoms with Crippen molar-refractivity contribution in [1.82, 2.24) is 14.5 Å². The number of aromatic amines is 1. The molecule has 132 valence electrons. The second kappa shape index (κ2) is 6.92. The minimum absolute atomic E-state index is 0.139. The molecule has 8 heteroatoms. The number of aromatic nitrogens is 2. The third kappa shape index (κ3) is 3.33. The monoisotopic (exact) mass is 344 g/mol. The van der Waals surface area contributed by atoms with Crippen LogP contribution in [0.2, 0.25) is 0 Å². The first-order valence-electron chi connectivity index (χ1n) is 8.29. The summed E-state index contributed by atoms with van der Waals surface area (Å²) in [6.07, 6.45) is 1.83. The summed E-state index contributed by atoms with van der Waals surface area (Å²) >= 11 is 0. The van der Waals surface area contributed by atoms with E-state index in [1.54, 1.807) is 24.3 Å². The minimum atomic E-state index is -0.542. The number of fused-ring (bicyclic) bond motifs is 1. The highest BCUT2D eigenvalue weighted by atomic mass is 16.2. The number of likely N-dealkylation sites (tertiary alicyclic amines) is 1. The zero-order chi connectivity index (χ0) is 18.0. The number of nitrogens with two attached hydrogens (primary N) is 1. The minimum Gasteiger partial charge on any atom is -0.368 e. The van der Waals surface area contributed by atoms with E-state index in [1.807, 2.05) is 0 Å². The lowest BCUT2D eigenvalue weighted by Crippen LogP contribution is -2.43. The molecule has 1 aliphatic heterocycles. The topological polar surface area (TPSA) is 118 Å². The van der Waals surface area contributed by atoms with Crippen LogP contribution in [0, 0.1) is 0 Å². The van der Waals surface area contributed by atoms with Crippen molar-refractivity contribution in [2.24, 2.45) is 5.73 Å². The van der Waals surface area contributed by atoms with E-state index in [0.717, 1.165) is 11.0 Å². The van der Waals surface area contributed by atoms with Gasteiger partial charge in [-0.2, -0.15) is 0 Å². The van der Waals surface area contributed by atoms with Crippen molar-refractivity contribution in [3.05, 3.63) is 45.1 Å². The maximum absolute atomic E-state index is 12.4. The number of rotatable bonds is 5. The Morgan fingerprint density at radius 2 is 2.00 bits per heavy atom. The Hall–Kier alpha value is -2.90. The molecule has 1 aromatic heterocycles. The van der Waals surface area contributed by atoms with Gasteiger partial charge in [-0.05, 0) is 31.4 Å². The van der Waals surface area contributed by atoms with Gasteiger partial charge in [-0.15, -0.1) is 0 Å². The van der Waals surface area contributed by atoms with Crippen LogP contribution in [0.4, 0.5) is 0 Å². The molecule has 0 radical (unpaired) electrons. The number of primary amides is 1. The van der Waals surface area contributed by atoms with Crippen LogP contribution in [-0.2, 0) is 16.1 Å². The maximum atomic E-state index is 12.4. The van der Waals surface area contributed by atoms with E-state index in [0.29, 0.717) is 30.3 Å². The second-order valence-corrected chi connectivity index (χ2v) is 6.18. The van der Waals surface area contributed by atoms with E-state index >= 15 is 0 Å². The molecule has 3 N–H and O–H groups in total. The van der Waals surface area contributed by atoms with Gasteiger partial charge in [-0.3, -0.25) is 19.0 Å². The van der Waals surface area contributed by atoms with Crippen molar-refractivity contribution in [2.75, 3.05) is 6.54 Å². The van der Waals surface area contributed by atoms with E-state index < -0.39 is 17.6 Å². The zero-order valence-electron chi connectivity index (χ0n) is 13.7. The van der Waals surface area contributed by atoms with Crippen LogP contribution in [0.3, 0.4) is 0 Å². The van der Waals surface area contributed by atoms with E-state index in [4.69, 9.17) is 5.73 Å². The normalized spacial score (nSPS) is 17.1. The molecule has 0 spiro atoms. The summed E-state index contributed by atoms with van der Waals surface area (Å²) < 4.78 is 1.10. The van der Waals surface area contributed by atoms with Gasteiger partial charge < -0.3 is 15.6 Å². The van der Waals surface area contributed by atoms with Crippen LogP contribution in [0.15, 0.2) is 33.9 Å². The third-order valence-electron chi connectivity index (χ3n) is 4.56. The summed E-state index contributed by atoms with van der Waals surface area (Å²) in [4.78, 5) is 52.3. The highest BCUT2D eigenvalue weighted by molar-refractivity contribution is 5.87. The van der Waals surface area contributed by atoms with Gasteiger partial charge in [-0.25, -0.2) is 4.79 Å². The molecular formula is C17H20N4O4. The summed E-state index contributed by atoms with van der Waals surface area (Å²) in [5.74, 6) is -0.667. The Morgan fingerprint density at radius 3 is 2.76 bits per heavy atom. The van der Waals surface area contributed by atoms with Crippen LogP contribution < -0.4 is 17.0 Å². The zero-order valence-corrected chi connectivity index (χ0v) is 13.7. The predicted octanol–water partition coefficient (Wildman–Crippen LogP) is -0.0537. The average molecular weight is 344 g/mol. The van der Waals surface area contributed by atoms with Crippen LogP contribution in [0.5, 0.6) is 0 Å². The van der Waals surface area contributed by atoms with Crippen molar-refractivity contribution in [3.8, 4) is 0 Å². The summed E-state index contributed by atoms with van der Waals surface area (Å²) in [5.41, 5.74) is 4.94. The van der Waals surface area contributed by atoms with E-state index in [-0.39, 0.29) is 24.4 Å². The van der Waals surface area contributed by atoms with Crippen molar-refractivity contribution in [1.29, 1.82) is 0 Å². The number of amides is 2. The molecule has 8 nitrogen and oxygen atoms in total. The molecule has 0 unspecified atom stereocenters. The van der Waals surface area contributed by atoms with Crippen LogP contribution in [0.25, 0.3) is 10.9 Å². The lowest BCUT2D eigenvalue weighted by Gasteiger charge is -2.22. The predicted molar refractivity (Wildman–Crippen MR) is 92.0 cm³/mol. The van der Waals surface area contributed by atoms with E-state index in [1.165, 1.54) is 4.90 Å².